The molecule has 3 N–H and O–H groups in total. The average molecular weight is 209 g/mol. The fourth-order valence-corrected chi connectivity index (χ4v) is 2.50. The topological polar surface area (TPSA) is 63.8 Å². The second-order valence-corrected chi connectivity index (χ2v) is 4.53. The number of hydrogen-bond acceptors (Lipinski definition) is 2. The minimum absolute atomic E-state index is 0.00708. The van der Waals surface area contributed by atoms with Gasteiger partial charge < -0.3 is 10.7 Å². The Morgan fingerprint density at radius 2 is 2.00 bits per heavy atom. The molecule has 0 amide bonds. The molecule has 1 heterocycles. The van der Waals surface area contributed by atoms with Gasteiger partial charge in [-0.15, -0.1) is 0 Å². The highest BCUT2D eigenvalue weighted by atomic mass is 16.1. The summed E-state index contributed by atoms with van der Waals surface area (Å²) in [6.45, 7) is 3.91. The van der Waals surface area contributed by atoms with E-state index in [-0.39, 0.29) is 17.8 Å². The lowest BCUT2D eigenvalue weighted by atomic mass is 9.90. The Hall–Kier alpha value is -1.03. The minimum Gasteiger partial charge on any atom is -0.326 e. The number of nitrogens with one attached hydrogen (secondary N) is 1. The van der Waals surface area contributed by atoms with Crippen molar-refractivity contribution < 1.29 is 0 Å². The fourth-order valence-electron chi connectivity index (χ4n) is 2.50. The number of aryl methyl sites for hydroxylation is 1. The number of nitrogens with two attached hydrogens (primary N) is 1. The summed E-state index contributed by atoms with van der Waals surface area (Å²) >= 11 is 0. The Morgan fingerprint density at radius 1 is 1.33 bits per heavy atom. The highest BCUT2D eigenvalue weighted by molar-refractivity contribution is 5.11. The first-order valence-electron chi connectivity index (χ1n) is 5.64. The molecule has 0 saturated heterocycles. The highest BCUT2D eigenvalue weighted by Gasteiger charge is 2.26. The first kappa shape index (κ1) is 10.5. The molecule has 0 radical (unpaired) electrons. The van der Waals surface area contributed by atoms with Crippen LogP contribution >= 0.6 is 0 Å². The molecule has 15 heavy (non-hydrogen) atoms. The number of rotatable bonds is 1. The molecule has 2 unspecified atom stereocenters. The Balaban J connectivity index is 2.39. The van der Waals surface area contributed by atoms with Crippen LogP contribution in [0.15, 0.2) is 4.79 Å². The van der Waals surface area contributed by atoms with Gasteiger partial charge >= 0.3 is 5.69 Å². The fraction of sp³-hybridized carbons (Fsp3) is 0.727. The Bertz CT molecular complexity index is 404. The lowest BCUT2D eigenvalue weighted by Crippen LogP contribution is -2.39. The van der Waals surface area contributed by atoms with Gasteiger partial charge in [-0.25, -0.2) is 4.79 Å². The van der Waals surface area contributed by atoms with Crippen LogP contribution in [0.1, 0.15) is 43.1 Å². The van der Waals surface area contributed by atoms with Crippen molar-refractivity contribution in [1.29, 1.82) is 0 Å². The maximum absolute atomic E-state index is 11.8. The van der Waals surface area contributed by atoms with Gasteiger partial charge in [0.15, 0.2) is 0 Å². The molecule has 0 bridgehead atoms. The zero-order chi connectivity index (χ0) is 11.0. The van der Waals surface area contributed by atoms with Crippen molar-refractivity contribution >= 4 is 0 Å². The molecule has 1 aromatic rings. The maximum Gasteiger partial charge on any atom is 0.326 e. The van der Waals surface area contributed by atoms with Gasteiger partial charge in [0.25, 0.3) is 0 Å². The summed E-state index contributed by atoms with van der Waals surface area (Å²) in [6, 6.07) is 0.321. The van der Waals surface area contributed by atoms with Gasteiger partial charge in [0, 0.05) is 17.4 Å². The van der Waals surface area contributed by atoms with Crippen LogP contribution in [0.3, 0.4) is 0 Å². The van der Waals surface area contributed by atoms with Gasteiger partial charge in [0.1, 0.15) is 0 Å². The Kier molecular flexibility index (Phi) is 2.69. The molecule has 4 nitrogen and oxygen atoms in total. The first-order chi connectivity index (χ1) is 7.11. The summed E-state index contributed by atoms with van der Waals surface area (Å²) in [5, 5.41) is 0. The molecule has 84 valence electrons. The average Bonchev–Trinajstić information content (AvgIpc) is 2.43. The van der Waals surface area contributed by atoms with Crippen molar-refractivity contribution in [1.82, 2.24) is 9.55 Å². The third kappa shape index (κ3) is 1.74. The monoisotopic (exact) mass is 209 g/mol. The summed E-state index contributed by atoms with van der Waals surface area (Å²) in [5.41, 5.74) is 8.06. The van der Waals surface area contributed by atoms with Crippen LogP contribution in [0.25, 0.3) is 0 Å². The Morgan fingerprint density at radius 3 is 2.53 bits per heavy atom. The van der Waals surface area contributed by atoms with Gasteiger partial charge in [-0.05, 0) is 26.7 Å². The van der Waals surface area contributed by atoms with E-state index >= 15 is 0 Å². The van der Waals surface area contributed by atoms with Gasteiger partial charge in [0.2, 0.25) is 0 Å². The summed E-state index contributed by atoms with van der Waals surface area (Å²) in [4.78, 5) is 14.6. The second kappa shape index (κ2) is 3.85. The summed E-state index contributed by atoms with van der Waals surface area (Å²) in [5.74, 6) is 0. The largest absolute Gasteiger partial charge is 0.326 e. The molecular formula is C11H19N3O. The normalized spacial score (nSPS) is 26.9. The standard InChI is InChI=1S/C11H19N3O/c1-7-8(2)14(11(15)13-7)10-6-4-3-5-9(10)12/h9-10H,3-6,12H2,1-2H3,(H,13,15). The number of aromatic amines is 1. The van der Waals surface area contributed by atoms with Crippen molar-refractivity contribution in [3.05, 3.63) is 21.9 Å². The van der Waals surface area contributed by atoms with E-state index in [2.05, 4.69) is 4.98 Å². The van der Waals surface area contributed by atoms with Crippen LogP contribution < -0.4 is 11.4 Å². The molecule has 4 heteroatoms. The van der Waals surface area contributed by atoms with E-state index < -0.39 is 0 Å². The third-order valence-electron chi connectivity index (χ3n) is 3.53. The molecule has 2 atom stereocenters. The number of aromatic nitrogens is 2. The SMILES string of the molecule is Cc1[nH]c(=O)n(C2CCCCC2N)c1C. The predicted octanol–water partition coefficient (Wildman–Crippen LogP) is 1.24. The van der Waals surface area contributed by atoms with Crippen molar-refractivity contribution in [2.24, 2.45) is 5.73 Å². The number of imidazole rings is 1. The van der Waals surface area contributed by atoms with Gasteiger partial charge in [0.05, 0.1) is 6.04 Å². The van der Waals surface area contributed by atoms with Crippen molar-refractivity contribution in [3.63, 3.8) is 0 Å². The molecule has 1 saturated carbocycles. The van der Waals surface area contributed by atoms with E-state index in [0.717, 1.165) is 24.2 Å². The van der Waals surface area contributed by atoms with Gasteiger partial charge in [-0.3, -0.25) is 4.57 Å². The summed E-state index contributed by atoms with van der Waals surface area (Å²) in [6.07, 6.45) is 4.42. The van der Waals surface area contributed by atoms with Gasteiger partial charge in [-0.2, -0.15) is 0 Å². The van der Waals surface area contributed by atoms with Crippen LogP contribution in [-0.4, -0.2) is 15.6 Å². The van der Waals surface area contributed by atoms with E-state index in [9.17, 15) is 4.79 Å². The number of hydrogen-bond donors (Lipinski definition) is 2. The second-order valence-electron chi connectivity index (χ2n) is 4.53. The van der Waals surface area contributed by atoms with Crippen molar-refractivity contribution in [3.8, 4) is 0 Å². The summed E-state index contributed by atoms with van der Waals surface area (Å²) in [7, 11) is 0. The molecule has 0 aromatic carbocycles. The molecular weight excluding hydrogens is 190 g/mol. The van der Waals surface area contributed by atoms with Crippen LogP contribution in [-0.2, 0) is 0 Å². The van der Waals surface area contributed by atoms with E-state index in [4.69, 9.17) is 5.73 Å². The molecule has 0 spiro atoms. The van der Waals surface area contributed by atoms with E-state index in [1.165, 1.54) is 12.8 Å². The molecule has 1 fully saturated rings. The molecule has 0 aliphatic heterocycles. The molecule has 1 aliphatic rings. The number of H-pyrrole nitrogens is 1. The third-order valence-corrected chi connectivity index (χ3v) is 3.53. The van der Waals surface area contributed by atoms with Crippen LogP contribution in [0.4, 0.5) is 0 Å². The Labute approximate surface area is 89.5 Å². The molecule has 1 aromatic heterocycles. The zero-order valence-electron chi connectivity index (χ0n) is 9.42. The van der Waals surface area contributed by atoms with Crippen LogP contribution in [0.5, 0.6) is 0 Å². The lowest BCUT2D eigenvalue weighted by Gasteiger charge is -2.29. The van der Waals surface area contributed by atoms with Crippen molar-refractivity contribution in [2.45, 2.75) is 51.6 Å². The number of nitrogens with zero attached hydrogens (tertiary/aromatic N) is 1. The molecule has 2 rings (SSSR count). The summed E-state index contributed by atoms with van der Waals surface area (Å²) < 4.78 is 1.85. The predicted molar refractivity (Wildman–Crippen MR) is 60.0 cm³/mol. The lowest BCUT2D eigenvalue weighted by molar-refractivity contribution is 0.297. The van der Waals surface area contributed by atoms with Crippen LogP contribution in [0, 0.1) is 13.8 Å². The van der Waals surface area contributed by atoms with E-state index in [0.29, 0.717) is 0 Å². The maximum atomic E-state index is 11.8. The highest BCUT2D eigenvalue weighted by Crippen LogP contribution is 2.27. The van der Waals surface area contributed by atoms with E-state index in [1.807, 2.05) is 18.4 Å². The van der Waals surface area contributed by atoms with E-state index in [1.54, 1.807) is 0 Å². The quantitative estimate of drug-likeness (QED) is 0.730. The van der Waals surface area contributed by atoms with Crippen LogP contribution in [0.2, 0.25) is 0 Å². The molecule has 1 aliphatic carbocycles. The smallest absolute Gasteiger partial charge is 0.326 e. The first-order valence-corrected chi connectivity index (χ1v) is 5.64. The minimum atomic E-state index is -0.00708. The van der Waals surface area contributed by atoms with Crippen molar-refractivity contribution in [2.75, 3.05) is 0 Å². The zero-order valence-corrected chi connectivity index (χ0v) is 9.42. The van der Waals surface area contributed by atoms with Gasteiger partial charge in [-0.1, -0.05) is 12.8 Å².